The average Bonchev–Trinajstić information content (AvgIpc) is 2.38. The quantitative estimate of drug-likeness (QED) is 0.673. The Labute approximate surface area is 112 Å². The van der Waals surface area contributed by atoms with Crippen LogP contribution in [0.25, 0.3) is 0 Å². The van der Waals surface area contributed by atoms with Crippen LogP contribution >= 0.6 is 15.9 Å². The van der Waals surface area contributed by atoms with Crippen molar-refractivity contribution in [3.05, 3.63) is 52.5 Å². The van der Waals surface area contributed by atoms with E-state index >= 15 is 0 Å². The lowest BCUT2D eigenvalue weighted by molar-refractivity contribution is 0.299. The summed E-state index contributed by atoms with van der Waals surface area (Å²) in [5.74, 6) is 5.54. The number of anilines is 1. The van der Waals surface area contributed by atoms with Crippen molar-refractivity contribution in [1.82, 2.24) is 4.98 Å². The summed E-state index contributed by atoms with van der Waals surface area (Å²) >= 11 is 3.23. The lowest BCUT2D eigenvalue weighted by Crippen LogP contribution is -2.08. The largest absolute Gasteiger partial charge is 0.486 e. The van der Waals surface area contributed by atoms with Gasteiger partial charge < -0.3 is 10.2 Å². The van der Waals surface area contributed by atoms with Crippen LogP contribution in [0.1, 0.15) is 5.69 Å². The Morgan fingerprint density at radius 3 is 2.89 bits per heavy atom. The molecule has 0 saturated carbocycles. The van der Waals surface area contributed by atoms with Gasteiger partial charge in [-0.15, -0.1) is 0 Å². The normalized spacial score (nSPS) is 10.2. The number of hydrogen-bond acceptors (Lipinski definition) is 4. The summed E-state index contributed by atoms with van der Waals surface area (Å²) in [6, 6.07) is 7.77. The maximum Gasteiger partial charge on any atom is 0.134 e. The van der Waals surface area contributed by atoms with Crippen LogP contribution in [-0.2, 0) is 6.61 Å². The zero-order valence-corrected chi connectivity index (χ0v) is 10.9. The van der Waals surface area contributed by atoms with Crippen molar-refractivity contribution >= 4 is 21.6 Å². The van der Waals surface area contributed by atoms with Gasteiger partial charge in [0.25, 0.3) is 0 Å². The Hall–Kier alpha value is -1.66. The first-order valence-corrected chi connectivity index (χ1v) is 5.98. The SMILES string of the molecule is NNc1ccnc(COc2ccc(F)cc2Br)c1. The van der Waals surface area contributed by atoms with E-state index in [1.165, 1.54) is 12.1 Å². The van der Waals surface area contributed by atoms with Crippen molar-refractivity contribution < 1.29 is 9.13 Å². The van der Waals surface area contributed by atoms with Crippen molar-refractivity contribution in [1.29, 1.82) is 0 Å². The van der Waals surface area contributed by atoms with E-state index in [1.54, 1.807) is 24.4 Å². The number of halogens is 2. The van der Waals surface area contributed by atoms with Crippen molar-refractivity contribution in [2.24, 2.45) is 5.84 Å². The van der Waals surface area contributed by atoms with Crippen LogP contribution in [0.4, 0.5) is 10.1 Å². The molecule has 4 nitrogen and oxygen atoms in total. The standard InChI is InChI=1S/C12H11BrFN3O/c13-11-5-8(14)1-2-12(11)18-7-10-6-9(17-15)3-4-16-10/h1-6H,7,15H2,(H,16,17). The number of pyridine rings is 1. The smallest absolute Gasteiger partial charge is 0.134 e. The van der Waals surface area contributed by atoms with Crippen molar-refractivity contribution in [3.8, 4) is 5.75 Å². The molecule has 6 heteroatoms. The van der Waals surface area contributed by atoms with E-state index in [0.717, 1.165) is 11.4 Å². The van der Waals surface area contributed by atoms with Gasteiger partial charge in [0.2, 0.25) is 0 Å². The molecule has 1 aromatic heterocycles. The van der Waals surface area contributed by atoms with Gasteiger partial charge in [0.1, 0.15) is 18.2 Å². The second-order valence-corrected chi connectivity index (χ2v) is 4.40. The van der Waals surface area contributed by atoms with Gasteiger partial charge in [-0.05, 0) is 46.3 Å². The first-order valence-electron chi connectivity index (χ1n) is 5.18. The summed E-state index contributed by atoms with van der Waals surface area (Å²) < 4.78 is 19.0. The van der Waals surface area contributed by atoms with E-state index in [-0.39, 0.29) is 12.4 Å². The zero-order chi connectivity index (χ0) is 13.0. The first-order chi connectivity index (χ1) is 8.69. The molecule has 0 atom stereocenters. The minimum Gasteiger partial charge on any atom is -0.486 e. The lowest BCUT2D eigenvalue weighted by Gasteiger charge is -2.08. The molecular formula is C12H11BrFN3O. The summed E-state index contributed by atoms with van der Waals surface area (Å²) in [4.78, 5) is 4.14. The minimum absolute atomic E-state index is 0.278. The molecule has 0 saturated heterocycles. The number of nitrogens with two attached hydrogens (primary N) is 1. The molecule has 3 N–H and O–H groups in total. The number of hydrazine groups is 1. The number of benzene rings is 1. The summed E-state index contributed by atoms with van der Waals surface area (Å²) in [5.41, 5.74) is 4.01. The van der Waals surface area contributed by atoms with Crippen LogP contribution in [-0.4, -0.2) is 4.98 Å². The predicted octanol–water partition coefficient (Wildman–Crippen LogP) is 2.85. The van der Waals surface area contributed by atoms with Gasteiger partial charge in [-0.3, -0.25) is 10.8 Å². The van der Waals surface area contributed by atoms with Crippen molar-refractivity contribution in [3.63, 3.8) is 0 Å². The van der Waals surface area contributed by atoms with Crippen LogP contribution in [0.15, 0.2) is 41.0 Å². The number of hydrogen-bond donors (Lipinski definition) is 2. The van der Waals surface area contributed by atoms with Gasteiger partial charge in [-0.25, -0.2) is 4.39 Å². The molecule has 18 heavy (non-hydrogen) atoms. The highest BCUT2D eigenvalue weighted by molar-refractivity contribution is 9.10. The summed E-state index contributed by atoms with van der Waals surface area (Å²) in [6.45, 7) is 0.278. The fraction of sp³-hybridized carbons (Fsp3) is 0.0833. The van der Waals surface area contributed by atoms with Gasteiger partial charge >= 0.3 is 0 Å². The van der Waals surface area contributed by atoms with Crippen molar-refractivity contribution in [2.45, 2.75) is 6.61 Å². The summed E-state index contributed by atoms with van der Waals surface area (Å²) in [7, 11) is 0. The van der Waals surface area contributed by atoms with Gasteiger partial charge in [0.05, 0.1) is 15.9 Å². The predicted molar refractivity (Wildman–Crippen MR) is 70.5 cm³/mol. The van der Waals surface area contributed by atoms with Gasteiger partial charge in [-0.2, -0.15) is 0 Å². The van der Waals surface area contributed by atoms with Gasteiger partial charge in [-0.1, -0.05) is 0 Å². The third-order valence-corrected chi connectivity index (χ3v) is 2.87. The molecule has 0 aliphatic heterocycles. The maximum atomic E-state index is 12.9. The molecular weight excluding hydrogens is 301 g/mol. The van der Waals surface area contributed by atoms with Crippen LogP contribution in [0.2, 0.25) is 0 Å². The van der Waals surface area contributed by atoms with E-state index in [0.29, 0.717) is 10.2 Å². The molecule has 94 valence electrons. The fourth-order valence-corrected chi connectivity index (χ4v) is 1.86. The van der Waals surface area contributed by atoms with E-state index in [9.17, 15) is 4.39 Å². The molecule has 1 heterocycles. The van der Waals surface area contributed by atoms with E-state index in [4.69, 9.17) is 10.6 Å². The zero-order valence-electron chi connectivity index (χ0n) is 9.36. The van der Waals surface area contributed by atoms with Crippen LogP contribution in [0.5, 0.6) is 5.75 Å². The second kappa shape index (κ2) is 5.79. The monoisotopic (exact) mass is 311 g/mol. The molecule has 0 aliphatic carbocycles. The molecule has 0 amide bonds. The van der Waals surface area contributed by atoms with E-state index in [1.807, 2.05) is 0 Å². The second-order valence-electron chi connectivity index (χ2n) is 3.54. The van der Waals surface area contributed by atoms with E-state index in [2.05, 4.69) is 26.3 Å². The molecule has 0 fully saturated rings. The van der Waals surface area contributed by atoms with Crippen LogP contribution in [0, 0.1) is 5.82 Å². The highest BCUT2D eigenvalue weighted by atomic mass is 79.9. The molecule has 0 bridgehead atoms. The molecule has 0 aliphatic rings. The highest BCUT2D eigenvalue weighted by Crippen LogP contribution is 2.26. The summed E-state index contributed by atoms with van der Waals surface area (Å²) in [6.07, 6.45) is 1.63. The Kier molecular flexibility index (Phi) is 4.11. The Morgan fingerprint density at radius 2 is 2.17 bits per heavy atom. The first kappa shape index (κ1) is 12.8. The number of nitrogens with zero attached hydrogens (tertiary/aromatic N) is 1. The third kappa shape index (κ3) is 3.18. The Morgan fingerprint density at radius 1 is 1.33 bits per heavy atom. The molecule has 2 aromatic rings. The van der Waals surface area contributed by atoms with Crippen LogP contribution in [0.3, 0.4) is 0 Å². The highest BCUT2D eigenvalue weighted by Gasteiger charge is 2.04. The van der Waals surface area contributed by atoms with E-state index < -0.39 is 0 Å². The number of ether oxygens (including phenoxy) is 1. The minimum atomic E-state index is -0.318. The molecule has 0 unspecified atom stereocenters. The summed E-state index contributed by atoms with van der Waals surface area (Å²) in [5, 5.41) is 0. The topological polar surface area (TPSA) is 60.2 Å². The number of aromatic nitrogens is 1. The maximum absolute atomic E-state index is 12.9. The third-order valence-electron chi connectivity index (χ3n) is 2.25. The fourth-order valence-electron chi connectivity index (χ4n) is 1.39. The number of rotatable bonds is 4. The van der Waals surface area contributed by atoms with Crippen LogP contribution < -0.4 is 16.0 Å². The molecule has 1 aromatic carbocycles. The van der Waals surface area contributed by atoms with Gasteiger partial charge in [0, 0.05) is 6.20 Å². The number of nitrogen functional groups attached to an aromatic ring is 1. The molecule has 2 rings (SSSR count). The Balaban J connectivity index is 2.06. The Bertz CT molecular complexity index is 551. The lowest BCUT2D eigenvalue weighted by atomic mass is 10.3. The molecule has 0 radical (unpaired) electrons. The van der Waals surface area contributed by atoms with Gasteiger partial charge in [0.15, 0.2) is 0 Å². The number of nitrogens with one attached hydrogen (secondary N) is 1. The molecule has 0 spiro atoms. The average molecular weight is 312 g/mol. The van der Waals surface area contributed by atoms with Crippen molar-refractivity contribution in [2.75, 3.05) is 5.43 Å².